The minimum Gasteiger partial charge on any atom is -0.229 e. The van der Waals surface area contributed by atoms with Crippen molar-refractivity contribution in [3.8, 4) is 0 Å². The molecular weight excluding hydrogens is 196 g/mol. The highest BCUT2D eigenvalue weighted by atomic mass is 35.5. The third-order valence-electron chi connectivity index (χ3n) is 1.75. The van der Waals surface area contributed by atoms with Crippen LogP contribution in [0.1, 0.15) is 33.1 Å². The predicted octanol–water partition coefficient (Wildman–Crippen LogP) is 2.22. The normalized spacial score (nSPS) is 14.6. The average Bonchev–Trinajstić information content (AvgIpc) is 1.98. The zero-order chi connectivity index (χ0) is 9.61. The molecule has 0 rings (SSSR count). The Balaban J connectivity index is 3.45. The van der Waals surface area contributed by atoms with Crippen molar-refractivity contribution in [3.63, 3.8) is 0 Å². The number of alkyl halides is 1. The lowest BCUT2D eigenvalue weighted by molar-refractivity contribution is 0.590. The Morgan fingerprint density at radius 3 is 2.33 bits per heavy atom. The van der Waals surface area contributed by atoms with Crippen LogP contribution in [-0.2, 0) is 9.84 Å². The first kappa shape index (κ1) is 12.2. The molecule has 12 heavy (non-hydrogen) atoms. The second kappa shape index (κ2) is 5.81. The van der Waals surface area contributed by atoms with Crippen LogP contribution in [0.25, 0.3) is 0 Å². The van der Waals surface area contributed by atoms with Gasteiger partial charge in [-0.25, -0.2) is 8.42 Å². The summed E-state index contributed by atoms with van der Waals surface area (Å²) in [4.78, 5) is 0. The predicted molar refractivity (Wildman–Crippen MR) is 53.5 cm³/mol. The van der Waals surface area contributed by atoms with E-state index in [4.69, 9.17) is 11.6 Å². The summed E-state index contributed by atoms with van der Waals surface area (Å²) in [5.74, 6) is 0.566. The summed E-state index contributed by atoms with van der Waals surface area (Å²) in [6, 6.07) is 0. The van der Waals surface area contributed by atoms with Crippen molar-refractivity contribution in [1.29, 1.82) is 0 Å². The van der Waals surface area contributed by atoms with Crippen molar-refractivity contribution < 1.29 is 8.42 Å². The molecule has 4 heteroatoms. The van der Waals surface area contributed by atoms with Gasteiger partial charge in [-0.15, -0.1) is 11.6 Å². The molecular formula is C8H17ClO2S. The van der Waals surface area contributed by atoms with Gasteiger partial charge < -0.3 is 0 Å². The van der Waals surface area contributed by atoms with Gasteiger partial charge in [0.25, 0.3) is 0 Å². The molecule has 0 bridgehead atoms. The van der Waals surface area contributed by atoms with Crippen LogP contribution in [0, 0.1) is 0 Å². The van der Waals surface area contributed by atoms with E-state index in [0.29, 0.717) is 5.75 Å². The molecule has 0 amide bonds. The molecule has 74 valence electrons. The topological polar surface area (TPSA) is 34.1 Å². The number of rotatable bonds is 6. The first-order valence-corrected chi connectivity index (χ1v) is 6.58. The fourth-order valence-electron chi connectivity index (χ4n) is 0.892. The Labute approximate surface area is 80.2 Å². The third kappa shape index (κ3) is 6.92. The number of hydrogen-bond donors (Lipinski definition) is 0. The molecule has 0 aliphatic carbocycles. The molecule has 0 heterocycles. The lowest BCUT2D eigenvalue weighted by Gasteiger charge is -2.02. The second-order valence-electron chi connectivity index (χ2n) is 3.01. The van der Waals surface area contributed by atoms with Crippen molar-refractivity contribution in [2.45, 2.75) is 38.5 Å². The van der Waals surface area contributed by atoms with E-state index in [0.717, 1.165) is 19.3 Å². The van der Waals surface area contributed by atoms with Crippen LogP contribution in [0.3, 0.4) is 0 Å². The molecule has 0 radical (unpaired) electrons. The number of sulfone groups is 1. The van der Waals surface area contributed by atoms with Crippen LogP contribution in [0.5, 0.6) is 0 Å². The van der Waals surface area contributed by atoms with E-state index in [1.165, 1.54) is 0 Å². The quantitative estimate of drug-likeness (QED) is 0.500. The van der Waals surface area contributed by atoms with Gasteiger partial charge in [-0.05, 0) is 19.8 Å². The lowest BCUT2D eigenvalue weighted by Crippen LogP contribution is -2.08. The van der Waals surface area contributed by atoms with E-state index in [2.05, 4.69) is 0 Å². The Morgan fingerprint density at radius 2 is 1.92 bits per heavy atom. The molecule has 0 aromatic carbocycles. The summed E-state index contributed by atoms with van der Waals surface area (Å²) < 4.78 is 22.0. The van der Waals surface area contributed by atoms with E-state index in [1.54, 1.807) is 6.92 Å². The standard InChI is InChI=1S/C8H17ClO2S/c1-3-12(10,11)7-5-4-6-8(2)9/h8H,3-7H2,1-2H3. The van der Waals surface area contributed by atoms with E-state index in [9.17, 15) is 8.42 Å². The van der Waals surface area contributed by atoms with E-state index >= 15 is 0 Å². The third-order valence-corrected chi connectivity index (χ3v) is 3.76. The summed E-state index contributed by atoms with van der Waals surface area (Å²) in [5.41, 5.74) is 0. The van der Waals surface area contributed by atoms with Crippen molar-refractivity contribution in [2.75, 3.05) is 11.5 Å². The highest BCUT2D eigenvalue weighted by molar-refractivity contribution is 7.91. The Kier molecular flexibility index (Phi) is 5.93. The van der Waals surface area contributed by atoms with Crippen LogP contribution >= 0.6 is 11.6 Å². The smallest absolute Gasteiger partial charge is 0.150 e. The number of hydrogen-bond acceptors (Lipinski definition) is 2. The van der Waals surface area contributed by atoms with Gasteiger partial charge in [-0.3, -0.25) is 0 Å². The van der Waals surface area contributed by atoms with E-state index in [1.807, 2.05) is 6.92 Å². The van der Waals surface area contributed by atoms with Gasteiger partial charge in [0.2, 0.25) is 0 Å². The minimum atomic E-state index is -2.76. The van der Waals surface area contributed by atoms with Gasteiger partial charge in [0, 0.05) is 11.1 Å². The molecule has 0 spiro atoms. The lowest BCUT2D eigenvalue weighted by atomic mass is 10.2. The molecule has 0 saturated carbocycles. The summed E-state index contributed by atoms with van der Waals surface area (Å²) >= 11 is 5.71. The Hall–Kier alpha value is 0.240. The Morgan fingerprint density at radius 1 is 1.33 bits per heavy atom. The van der Waals surface area contributed by atoms with Crippen molar-refractivity contribution in [2.24, 2.45) is 0 Å². The van der Waals surface area contributed by atoms with Crippen molar-refractivity contribution >= 4 is 21.4 Å². The molecule has 2 nitrogen and oxygen atoms in total. The number of halogens is 1. The van der Waals surface area contributed by atoms with Gasteiger partial charge in [-0.1, -0.05) is 13.3 Å². The van der Waals surface area contributed by atoms with Gasteiger partial charge in [0.1, 0.15) is 9.84 Å². The van der Waals surface area contributed by atoms with Crippen LogP contribution in [0.15, 0.2) is 0 Å². The maximum atomic E-state index is 11.0. The highest BCUT2D eigenvalue weighted by Gasteiger charge is 2.06. The van der Waals surface area contributed by atoms with Crippen LogP contribution in [0.4, 0.5) is 0 Å². The zero-order valence-electron chi connectivity index (χ0n) is 7.72. The molecule has 0 saturated heterocycles. The largest absolute Gasteiger partial charge is 0.229 e. The van der Waals surface area contributed by atoms with Crippen LogP contribution < -0.4 is 0 Å². The summed E-state index contributed by atoms with van der Waals surface area (Å²) in [5, 5.41) is 0.161. The Bertz CT molecular complexity index is 197. The van der Waals surface area contributed by atoms with Crippen LogP contribution in [0.2, 0.25) is 0 Å². The van der Waals surface area contributed by atoms with Gasteiger partial charge in [0.05, 0.1) is 5.75 Å². The summed E-state index contributed by atoms with van der Waals surface area (Å²) in [7, 11) is -2.76. The molecule has 0 aromatic rings. The zero-order valence-corrected chi connectivity index (χ0v) is 9.29. The van der Waals surface area contributed by atoms with Crippen molar-refractivity contribution in [3.05, 3.63) is 0 Å². The van der Waals surface area contributed by atoms with Crippen LogP contribution in [-0.4, -0.2) is 25.3 Å². The molecule has 1 atom stereocenters. The van der Waals surface area contributed by atoms with Crippen molar-refractivity contribution in [1.82, 2.24) is 0 Å². The van der Waals surface area contributed by atoms with Gasteiger partial charge in [0.15, 0.2) is 0 Å². The second-order valence-corrected chi connectivity index (χ2v) is 6.23. The van der Waals surface area contributed by atoms with Gasteiger partial charge >= 0.3 is 0 Å². The molecule has 0 aliphatic rings. The maximum Gasteiger partial charge on any atom is 0.150 e. The summed E-state index contributed by atoms with van der Waals surface area (Å²) in [6.07, 6.45) is 2.55. The number of unbranched alkanes of at least 4 members (excludes halogenated alkanes) is 1. The minimum absolute atomic E-state index is 0.161. The van der Waals surface area contributed by atoms with Gasteiger partial charge in [-0.2, -0.15) is 0 Å². The van der Waals surface area contributed by atoms with E-state index in [-0.39, 0.29) is 11.1 Å². The average molecular weight is 213 g/mol. The molecule has 0 fully saturated rings. The molecule has 0 N–H and O–H groups in total. The highest BCUT2D eigenvalue weighted by Crippen LogP contribution is 2.07. The summed E-state index contributed by atoms with van der Waals surface area (Å²) in [6.45, 7) is 3.61. The molecule has 1 unspecified atom stereocenters. The monoisotopic (exact) mass is 212 g/mol. The SMILES string of the molecule is CCS(=O)(=O)CCCCC(C)Cl. The fourth-order valence-corrected chi connectivity index (χ4v) is 1.98. The maximum absolute atomic E-state index is 11.0. The first-order valence-electron chi connectivity index (χ1n) is 4.32. The van der Waals surface area contributed by atoms with E-state index < -0.39 is 9.84 Å². The first-order chi connectivity index (χ1) is 5.48. The fraction of sp³-hybridized carbons (Fsp3) is 1.00. The molecule has 0 aromatic heterocycles. The molecule has 0 aliphatic heterocycles.